The molecule has 112 valence electrons. The molecular formula is C17H27NO2. The summed E-state index contributed by atoms with van der Waals surface area (Å²) in [5.41, 5.74) is 1.27. The molecule has 1 heterocycles. The SMILES string of the molecule is CCCCOc1ccccc1CN1CCCC(CO)C1. The molecule has 0 saturated carbocycles. The van der Waals surface area contributed by atoms with Gasteiger partial charge in [-0.15, -0.1) is 0 Å². The van der Waals surface area contributed by atoms with Gasteiger partial charge >= 0.3 is 0 Å². The van der Waals surface area contributed by atoms with Gasteiger partial charge in [0.2, 0.25) is 0 Å². The lowest BCUT2D eigenvalue weighted by Gasteiger charge is -2.32. The third kappa shape index (κ3) is 4.50. The van der Waals surface area contributed by atoms with Crippen LogP contribution in [0.15, 0.2) is 24.3 Å². The van der Waals surface area contributed by atoms with Crippen LogP contribution in [0.3, 0.4) is 0 Å². The van der Waals surface area contributed by atoms with E-state index in [0.717, 1.165) is 51.3 Å². The Morgan fingerprint density at radius 3 is 3.00 bits per heavy atom. The van der Waals surface area contributed by atoms with Crippen molar-refractivity contribution in [1.82, 2.24) is 4.90 Å². The number of ether oxygens (including phenoxy) is 1. The predicted molar refractivity (Wildman–Crippen MR) is 81.9 cm³/mol. The zero-order valence-corrected chi connectivity index (χ0v) is 12.6. The molecule has 0 bridgehead atoms. The molecule has 3 nitrogen and oxygen atoms in total. The Morgan fingerprint density at radius 1 is 1.35 bits per heavy atom. The number of para-hydroxylation sites is 1. The molecule has 1 atom stereocenters. The molecule has 20 heavy (non-hydrogen) atoms. The lowest BCUT2D eigenvalue weighted by atomic mass is 9.98. The van der Waals surface area contributed by atoms with Gasteiger partial charge in [-0.25, -0.2) is 0 Å². The summed E-state index contributed by atoms with van der Waals surface area (Å²) in [6, 6.07) is 8.34. The summed E-state index contributed by atoms with van der Waals surface area (Å²) in [5, 5.41) is 9.32. The summed E-state index contributed by atoms with van der Waals surface area (Å²) < 4.78 is 5.90. The largest absolute Gasteiger partial charge is 0.493 e. The summed E-state index contributed by atoms with van der Waals surface area (Å²) in [5.74, 6) is 1.46. The van der Waals surface area contributed by atoms with Crippen molar-refractivity contribution in [3.05, 3.63) is 29.8 Å². The average Bonchev–Trinajstić information content (AvgIpc) is 2.49. The van der Waals surface area contributed by atoms with E-state index in [4.69, 9.17) is 4.74 Å². The fourth-order valence-corrected chi connectivity index (χ4v) is 2.79. The van der Waals surface area contributed by atoms with Crippen LogP contribution < -0.4 is 4.74 Å². The number of benzene rings is 1. The number of likely N-dealkylation sites (tertiary alicyclic amines) is 1. The number of aliphatic hydroxyl groups excluding tert-OH is 1. The highest BCUT2D eigenvalue weighted by Gasteiger charge is 2.20. The van der Waals surface area contributed by atoms with E-state index >= 15 is 0 Å². The highest BCUT2D eigenvalue weighted by Crippen LogP contribution is 2.23. The second kappa shape index (κ2) is 8.28. The van der Waals surface area contributed by atoms with Crippen LogP contribution in [0.1, 0.15) is 38.2 Å². The Bertz CT molecular complexity index is 394. The molecule has 0 aliphatic carbocycles. The van der Waals surface area contributed by atoms with Crippen LogP contribution in [0.2, 0.25) is 0 Å². The Balaban J connectivity index is 1.94. The van der Waals surface area contributed by atoms with Gasteiger partial charge in [-0.05, 0) is 37.8 Å². The minimum Gasteiger partial charge on any atom is -0.493 e. The van der Waals surface area contributed by atoms with Gasteiger partial charge in [0.25, 0.3) is 0 Å². The summed E-state index contributed by atoms with van der Waals surface area (Å²) in [4.78, 5) is 2.44. The fraction of sp³-hybridized carbons (Fsp3) is 0.647. The fourth-order valence-electron chi connectivity index (χ4n) is 2.79. The summed E-state index contributed by atoms with van der Waals surface area (Å²) in [6.45, 7) is 6.34. The summed E-state index contributed by atoms with van der Waals surface area (Å²) in [6.07, 6.45) is 4.60. The van der Waals surface area contributed by atoms with E-state index in [1.54, 1.807) is 0 Å². The van der Waals surface area contributed by atoms with Crippen LogP contribution in [0.5, 0.6) is 5.75 Å². The van der Waals surface area contributed by atoms with Crippen LogP contribution in [-0.2, 0) is 6.54 Å². The van der Waals surface area contributed by atoms with Gasteiger partial charge in [-0.3, -0.25) is 4.90 Å². The van der Waals surface area contributed by atoms with E-state index in [-0.39, 0.29) is 0 Å². The molecule has 2 rings (SSSR count). The lowest BCUT2D eigenvalue weighted by Crippen LogP contribution is -2.36. The molecule has 1 aliphatic heterocycles. The first-order valence-electron chi connectivity index (χ1n) is 7.87. The maximum atomic E-state index is 9.32. The summed E-state index contributed by atoms with van der Waals surface area (Å²) >= 11 is 0. The standard InChI is InChI=1S/C17H27NO2/c1-2-3-11-20-17-9-5-4-8-16(17)13-18-10-6-7-15(12-18)14-19/h4-5,8-9,15,19H,2-3,6-7,10-14H2,1H3. The van der Waals surface area contributed by atoms with Crippen LogP contribution in [0.4, 0.5) is 0 Å². The molecule has 1 aliphatic rings. The van der Waals surface area contributed by atoms with Gasteiger partial charge < -0.3 is 9.84 Å². The number of unbranched alkanes of at least 4 members (excludes halogenated alkanes) is 1. The van der Waals surface area contributed by atoms with Gasteiger partial charge in [0.05, 0.1) is 6.61 Å². The van der Waals surface area contributed by atoms with E-state index in [0.29, 0.717) is 12.5 Å². The Labute approximate surface area is 122 Å². The van der Waals surface area contributed by atoms with Crippen LogP contribution in [-0.4, -0.2) is 36.3 Å². The molecule has 1 N–H and O–H groups in total. The number of piperidine rings is 1. The quantitative estimate of drug-likeness (QED) is 0.778. The molecule has 0 radical (unpaired) electrons. The molecule has 0 spiro atoms. The zero-order chi connectivity index (χ0) is 14.2. The average molecular weight is 277 g/mol. The normalized spacial score (nSPS) is 20.0. The van der Waals surface area contributed by atoms with Crippen molar-refractivity contribution < 1.29 is 9.84 Å². The maximum Gasteiger partial charge on any atom is 0.123 e. The molecule has 3 heteroatoms. The van der Waals surface area contributed by atoms with Gasteiger partial charge in [0.15, 0.2) is 0 Å². The Morgan fingerprint density at radius 2 is 2.20 bits per heavy atom. The van der Waals surface area contributed by atoms with Crippen LogP contribution >= 0.6 is 0 Å². The van der Waals surface area contributed by atoms with Gasteiger partial charge in [-0.2, -0.15) is 0 Å². The van der Waals surface area contributed by atoms with Crippen molar-refractivity contribution in [2.24, 2.45) is 5.92 Å². The van der Waals surface area contributed by atoms with E-state index in [2.05, 4.69) is 30.0 Å². The first-order valence-corrected chi connectivity index (χ1v) is 7.87. The number of hydrogen-bond donors (Lipinski definition) is 1. The predicted octanol–water partition coefficient (Wildman–Crippen LogP) is 3.07. The van der Waals surface area contributed by atoms with Crippen molar-refractivity contribution in [2.75, 3.05) is 26.3 Å². The number of rotatable bonds is 7. The lowest BCUT2D eigenvalue weighted by molar-refractivity contribution is 0.115. The van der Waals surface area contributed by atoms with Crippen LogP contribution in [0, 0.1) is 5.92 Å². The number of nitrogens with zero attached hydrogens (tertiary/aromatic N) is 1. The topological polar surface area (TPSA) is 32.7 Å². The monoisotopic (exact) mass is 277 g/mol. The summed E-state index contributed by atoms with van der Waals surface area (Å²) in [7, 11) is 0. The maximum absolute atomic E-state index is 9.32. The molecule has 1 aromatic rings. The molecule has 0 amide bonds. The Kier molecular flexibility index (Phi) is 6.34. The zero-order valence-electron chi connectivity index (χ0n) is 12.6. The molecule has 1 saturated heterocycles. The third-order valence-electron chi connectivity index (χ3n) is 3.98. The van der Waals surface area contributed by atoms with Crippen molar-refractivity contribution >= 4 is 0 Å². The van der Waals surface area contributed by atoms with Crippen molar-refractivity contribution in [3.63, 3.8) is 0 Å². The van der Waals surface area contributed by atoms with E-state index in [1.165, 1.54) is 12.0 Å². The van der Waals surface area contributed by atoms with Crippen LogP contribution in [0.25, 0.3) is 0 Å². The molecular weight excluding hydrogens is 250 g/mol. The molecule has 1 aromatic carbocycles. The molecule has 1 unspecified atom stereocenters. The second-order valence-corrected chi connectivity index (χ2v) is 5.74. The number of aliphatic hydroxyl groups is 1. The van der Waals surface area contributed by atoms with E-state index in [9.17, 15) is 5.11 Å². The van der Waals surface area contributed by atoms with Crippen molar-refractivity contribution in [1.29, 1.82) is 0 Å². The van der Waals surface area contributed by atoms with Gasteiger partial charge in [-0.1, -0.05) is 31.5 Å². The smallest absolute Gasteiger partial charge is 0.123 e. The minimum absolute atomic E-state index is 0.311. The van der Waals surface area contributed by atoms with E-state index < -0.39 is 0 Å². The van der Waals surface area contributed by atoms with Crippen molar-refractivity contribution in [3.8, 4) is 5.75 Å². The second-order valence-electron chi connectivity index (χ2n) is 5.74. The Hall–Kier alpha value is -1.06. The highest BCUT2D eigenvalue weighted by atomic mass is 16.5. The first kappa shape index (κ1) is 15.3. The third-order valence-corrected chi connectivity index (χ3v) is 3.98. The van der Waals surface area contributed by atoms with Crippen molar-refractivity contribution in [2.45, 2.75) is 39.2 Å². The van der Waals surface area contributed by atoms with Gasteiger partial charge in [0, 0.05) is 25.3 Å². The minimum atomic E-state index is 0.311. The number of hydrogen-bond acceptors (Lipinski definition) is 3. The molecule has 1 fully saturated rings. The molecule has 0 aromatic heterocycles. The van der Waals surface area contributed by atoms with Gasteiger partial charge in [0.1, 0.15) is 5.75 Å². The highest BCUT2D eigenvalue weighted by molar-refractivity contribution is 5.33. The first-order chi connectivity index (χ1) is 9.83. The van der Waals surface area contributed by atoms with E-state index in [1.807, 2.05) is 6.07 Å².